The number of nitrogens with zero attached hydrogens (tertiary/aromatic N) is 1. The first-order valence-electron chi connectivity index (χ1n) is 8.61. The van der Waals surface area contributed by atoms with Gasteiger partial charge in [0, 0.05) is 18.7 Å². The number of amides is 1. The maximum absolute atomic E-state index is 12.9. The van der Waals surface area contributed by atoms with Crippen molar-refractivity contribution in [3.63, 3.8) is 0 Å². The van der Waals surface area contributed by atoms with Crippen molar-refractivity contribution in [3.05, 3.63) is 58.6 Å². The normalized spacial score (nSPS) is 13.8. The molecule has 0 radical (unpaired) electrons. The molecule has 0 unspecified atom stereocenters. The molecule has 0 bridgehead atoms. The third kappa shape index (κ3) is 4.03. The number of carbonyl (C=O) groups excluding carboxylic acids is 1. The number of hydrogen-bond acceptors (Lipinski definition) is 4. The van der Waals surface area contributed by atoms with Gasteiger partial charge in [-0.2, -0.15) is 0 Å². The topological polar surface area (TPSA) is 48.0 Å². The molecule has 0 saturated carbocycles. The number of benzene rings is 2. The first kappa shape index (κ1) is 19.1. The molecule has 0 saturated heterocycles. The van der Waals surface area contributed by atoms with E-state index in [9.17, 15) is 4.79 Å². The van der Waals surface area contributed by atoms with Gasteiger partial charge in [0.1, 0.15) is 5.75 Å². The zero-order valence-electron chi connectivity index (χ0n) is 15.6. The van der Waals surface area contributed by atoms with Crippen LogP contribution < -0.4 is 14.2 Å². The lowest BCUT2D eigenvalue weighted by atomic mass is 9.99. The highest BCUT2D eigenvalue weighted by molar-refractivity contribution is 6.32. The summed E-state index contributed by atoms with van der Waals surface area (Å²) in [7, 11) is 4.69. The predicted octanol–water partition coefficient (Wildman–Crippen LogP) is 4.30. The van der Waals surface area contributed by atoms with E-state index in [4.69, 9.17) is 25.8 Å². The van der Waals surface area contributed by atoms with E-state index < -0.39 is 0 Å². The molecule has 142 valence electrons. The number of methoxy groups -OCH3 is 3. The highest BCUT2D eigenvalue weighted by Gasteiger charge is 2.22. The molecular weight excluding hydrogens is 366 g/mol. The van der Waals surface area contributed by atoms with Crippen molar-refractivity contribution < 1.29 is 19.0 Å². The Morgan fingerprint density at radius 2 is 1.78 bits per heavy atom. The second kappa shape index (κ2) is 8.35. The van der Waals surface area contributed by atoms with Crippen LogP contribution in [0.2, 0.25) is 5.02 Å². The molecule has 0 aliphatic carbocycles. The Morgan fingerprint density at radius 3 is 2.33 bits per heavy atom. The van der Waals surface area contributed by atoms with Crippen molar-refractivity contribution in [2.75, 3.05) is 34.4 Å². The zero-order valence-corrected chi connectivity index (χ0v) is 16.4. The van der Waals surface area contributed by atoms with Crippen LogP contribution in [0.5, 0.6) is 17.2 Å². The fourth-order valence-corrected chi connectivity index (χ4v) is 3.43. The smallest absolute Gasteiger partial charge is 0.254 e. The third-order valence-electron chi connectivity index (χ3n) is 4.64. The standard InChI is InChI=1S/C21H22ClNO4/c1-25-17-6-4-14(5-7-17)15-8-10-23(11-9-15)21(24)16-12-18(22)20(27-3)19(13-16)26-2/h4-8,12-13H,9-11H2,1-3H3. The van der Waals surface area contributed by atoms with E-state index in [0.29, 0.717) is 35.2 Å². The molecule has 1 amide bonds. The second-order valence-electron chi connectivity index (χ2n) is 6.15. The number of ether oxygens (including phenoxy) is 3. The van der Waals surface area contributed by atoms with Crippen molar-refractivity contribution in [3.8, 4) is 17.2 Å². The number of hydrogen-bond donors (Lipinski definition) is 0. The van der Waals surface area contributed by atoms with Gasteiger partial charge in [0.25, 0.3) is 5.91 Å². The zero-order chi connectivity index (χ0) is 19.4. The Labute approximate surface area is 164 Å². The van der Waals surface area contributed by atoms with Crippen molar-refractivity contribution in [1.29, 1.82) is 0 Å². The van der Waals surface area contributed by atoms with Crippen LogP contribution in [0.4, 0.5) is 0 Å². The molecule has 0 fully saturated rings. The van der Waals surface area contributed by atoms with Crippen LogP contribution in [0.1, 0.15) is 22.3 Å². The van der Waals surface area contributed by atoms with Gasteiger partial charge in [-0.1, -0.05) is 29.8 Å². The fraction of sp³-hybridized carbons (Fsp3) is 0.286. The van der Waals surface area contributed by atoms with Gasteiger partial charge in [0.2, 0.25) is 0 Å². The van der Waals surface area contributed by atoms with Crippen LogP contribution in [0.25, 0.3) is 5.57 Å². The van der Waals surface area contributed by atoms with E-state index >= 15 is 0 Å². The number of carbonyl (C=O) groups is 1. The predicted molar refractivity (Wildman–Crippen MR) is 106 cm³/mol. The minimum absolute atomic E-state index is 0.0807. The van der Waals surface area contributed by atoms with Gasteiger partial charge < -0.3 is 19.1 Å². The minimum Gasteiger partial charge on any atom is -0.497 e. The Balaban J connectivity index is 1.76. The average molecular weight is 388 g/mol. The molecule has 5 nitrogen and oxygen atoms in total. The molecule has 0 N–H and O–H groups in total. The van der Waals surface area contributed by atoms with Gasteiger partial charge >= 0.3 is 0 Å². The molecule has 6 heteroatoms. The molecule has 3 rings (SSSR count). The highest BCUT2D eigenvalue weighted by Crippen LogP contribution is 2.36. The first-order valence-corrected chi connectivity index (χ1v) is 8.99. The Bertz CT molecular complexity index is 861. The van der Waals surface area contributed by atoms with E-state index in [1.807, 2.05) is 24.3 Å². The lowest BCUT2D eigenvalue weighted by molar-refractivity contribution is 0.0772. The van der Waals surface area contributed by atoms with E-state index in [-0.39, 0.29) is 5.91 Å². The van der Waals surface area contributed by atoms with Crippen LogP contribution in [-0.2, 0) is 0 Å². The van der Waals surface area contributed by atoms with Crippen LogP contribution in [-0.4, -0.2) is 45.2 Å². The third-order valence-corrected chi connectivity index (χ3v) is 4.92. The van der Waals surface area contributed by atoms with Crippen LogP contribution in [0.3, 0.4) is 0 Å². The Morgan fingerprint density at radius 1 is 1.04 bits per heavy atom. The molecule has 1 aliphatic rings. The fourth-order valence-electron chi connectivity index (χ4n) is 3.14. The maximum atomic E-state index is 12.9. The van der Waals surface area contributed by atoms with E-state index in [1.54, 1.807) is 24.1 Å². The summed E-state index contributed by atoms with van der Waals surface area (Å²) < 4.78 is 15.7. The van der Waals surface area contributed by atoms with Crippen molar-refractivity contribution in [2.45, 2.75) is 6.42 Å². The lowest BCUT2D eigenvalue weighted by Crippen LogP contribution is -2.34. The van der Waals surface area contributed by atoms with Gasteiger partial charge in [0.15, 0.2) is 11.5 Å². The minimum atomic E-state index is -0.0807. The second-order valence-corrected chi connectivity index (χ2v) is 6.56. The highest BCUT2D eigenvalue weighted by atomic mass is 35.5. The number of rotatable bonds is 5. The summed E-state index contributed by atoms with van der Waals surface area (Å²) in [4.78, 5) is 14.7. The van der Waals surface area contributed by atoms with Gasteiger partial charge in [0.05, 0.1) is 26.4 Å². The largest absolute Gasteiger partial charge is 0.497 e. The van der Waals surface area contributed by atoms with Crippen molar-refractivity contribution in [1.82, 2.24) is 4.90 Å². The summed E-state index contributed by atoms with van der Waals surface area (Å²) >= 11 is 6.23. The van der Waals surface area contributed by atoms with E-state index in [1.165, 1.54) is 19.8 Å². The molecule has 1 aliphatic heterocycles. The summed E-state index contributed by atoms with van der Waals surface area (Å²) in [6.07, 6.45) is 2.88. The quantitative estimate of drug-likeness (QED) is 0.767. The van der Waals surface area contributed by atoms with Crippen LogP contribution >= 0.6 is 11.6 Å². The molecule has 1 heterocycles. The number of halogens is 1. The maximum Gasteiger partial charge on any atom is 0.254 e. The van der Waals surface area contributed by atoms with Crippen LogP contribution in [0, 0.1) is 0 Å². The van der Waals surface area contributed by atoms with Crippen molar-refractivity contribution >= 4 is 23.1 Å². The van der Waals surface area contributed by atoms with E-state index in [0.717, 1.165) is 17.7 Å². The molecular formula is C21H22ClNO4. The molecule has 0 atom stereocenters. The SMILES string of the molecule is COc1ccc(C2=CCN(C(=O)c3cc(Cl)c(OC)c(OC)c3)CC2)cc1. The Kier molecular flexibility index (Phi) is 5.91. The van der Waals surface area contributed by atoms with Gasteiger partial charge in [-0.25, -0.2) is 0 Å². The molecule has 0 aromatic heterocycles. The average Bonchev–Trinajstić information content (AvgIpc) is 2.72. The molecule has 2 aromatic carbocycles. The Hall–Kier alpha value is -2.66. The van der Waals surface area contributed by atoms with Crippen LogP contribution in [0.15, 0.2) is 42.5 Å². The van der Waals surface area contributed by atoms with Gasteiger partial charge in [-0.05, 0) is 41.8 Å². The summed E-state index contributed by atoms with van der Waals surface area (Å²) in [6.45, 7) is 1.19. The van der Waals surface area contributed by atoms with Gasteiger partial charge in [-0.15, -0.1) is 0 Å². The van der Waals surface area contributed by atoms with E-state index in [2.05, 4.69) is 6.08 Å². The monoisotopic (exact) mass is 387 g/mol. The molecule has 2 aromatic rings. The summed E-state index contributed by atoms with van der Waals surface area (Å²) in [6, 6.07) is 11.2. The summed E-state index contributed by atoms with van der Waals surface area (Å²) in [5, 5.41) is 0.353. The first-order chi connectivity index (χ1) is 13.1. The van der Waals surface area contributed by atoms with Crippen molar-refractivity contribution in [2.24, 2.45) is 0 Å². The van der Waals surface area contributed by atoms with Gasteiger partial charge in [-0.3, -0.25) is 4.79 Å². The summed E-state index contributed by atoms with van der Waals surface area (Å²) in [5.74, 6) is 1.62. The summed E-state index contributed by atoms with van der Waals surface area (Å²) in [5.41, 5.74) is 2.86. The molecule has 0 spiro atoms. The molecule has 27 heavy (non-hydrogen) atoms. The lowest BCUT2D eigenvalue weighted by Gasteiger charge is -2.27.